The fraction of sp³-hybridized carbons (Fsp3) is 0.917. The molecule has 3 saturated carbocycles. The molecule has 4 rings (SSSR count). The van der Waals surface area contributed by atoms with E-state index in [1.807, 2.05) is 0 Å². The first-order valence-electron chi connectivity index (χ1n) is 6.13. The van der Waals surface area contributed by atoms with Crippen molar-refractivity contribution in [2.75, 3.05) is 0 Å². The second-order valence-electron chi connectivity index (χ2n) is 5.85. The summed E-state index contributed by atoms with van der Waals surface area (Å²) in [6.07, 6.45) is 6.97. The van der Waals surface area contributed by atoms with Gasteiger partial charge in [0.25, 0.3) is 0 Å². The lowest BCUT2D eigenvalue weighted by atomic mass is 9.63. The van der Waals surface area contributed by atoms with Crippen LogP contribution >= 0.6 is 0 Å². The Bertz CT molecular complexity index is 301. The zero-order chi connectivity index (χ0) is 9.28. The lowest BCUT2D eigenvalue weighted by Crippen LogP contribution is -2.62. The van der Waals surface area contributed by atoms with Gasteiger partial charge in [0.1, 0.15) is 0 Å². The molecule has 6 atom stereocenters. The van der Waals surface area contributed by atoms with Gasteiger partial charge in [-0.3, -0.25) is 4.79 Å². The van der Waals surface area contributed by atoms with Gasteiger partial charge in [-0.15, -0.1) is 0 Å². The van der Waals surface area contributed by atoms with Gasteiger partial charge in [-0.2, -0.15) is 0 Å². The number of nitrogens with one attached hydrogen (secondary N) is 1. The van der Waals surface area contributed by atoms with Crippen LogP contribution in [0.2, 0.25) is 0 Å². The van der Waals surface area contributed by atoms with E-state index in [-0.39, 0.29) is 0 Å². The van der Waals surface area contributed by atoms with E-state index in [2.05, 4.69) is 5.32 Å². The molecule has 1 N–H and O–H groups in total. The van der Waals surface area contributed by atoms with Gasteiger partial charge >= 0.3 is 0 Å². The summed E-state index contributed by atoms with van der Waals surface area (Å²) in [7, 11) is 0. The van der Waals surface area contributed by atoms with E-state index in [4.69, 9.17) is 0 Å². The molecule has 76 valence electrons. The first kappa shape index (κ1) is 7.72. The SMILES string of the molecule is O=C1NC2CC3C4CCC(C4)C3CC12. The lowest BCUT2D eigenvalue weighted by Gasteiger charge is -2.48. The van der Waals surface area contributed by atoms with Crippen molar-refractivity contribution in [2.45, 2.75) is 38.1 Å². The number of hydrogen-bond acceptors (Lipinski definition) is 1. The van der Waals surface area contributed by atoms with Crippen LogP contribution < -0.4 is 5.32 Å². The number of amides is 1. The third-order valence-corrected chi connectivity index (χ3v) is 5.48. The van der Waals surface area contributed by atoms with Crippen LogP contribution in [0, 0.1) is 29.6 Å². The van der Waals surface area contributed by atoms with Gasteiger partial charge in [0.2, 0.25) is 5.91 Å². The summed E-state index contributed by atoms with van der Waals surface area (Å²) in [4.78, 5) is 11.3. The van der Waals surface area contributed by atoms with Crippen LogP contribution in [0.4, 0.5) is 0 Å². The molecule has 1 heterocycles. The fourth-order valence-electron chi connectivity index (χ4n) is 4.82. The van der Waals surface area contributed by atoms with Gasteiger partial charge in [0.15, 0.2) is 0 Å². The van der Waals surface area contributed by atoms with E-state index in [1.54, 1.807) is 0 Å². The Hall–Kier alpha value is -0.530. The molecule has 1 aliphatic heterocycles. The van der Waals surface area contributed by atoms with Gasteiger partial charge in [-0.1, -0.05) is 0 Å². The monoisotopic (exact) mass is 191 g/mol. The summed E-state index contributed by atoms with van der Waals surface area (Å²) >= 11 is 0. The number of hydrogen-bond donors (Lipinski definition) is 1. The topological polar surface area (TPSA) is 29.1 Å². The maximum Gasteiger partial charge on any atom is 0.225 e. The zero-order valence-corrected chi connectivity index (χ0v) is 8.41. The van der Waals surface area contributed by atoms with Crippen LogP contribution in [0.25, 0.3) is 0 Å². The number of carbonyl (C=O) groups is 1. The molecule has 14 heavy (non-hydrogen) atoms. The summed E-state index contributed by atoms with van der Waals surface area (Å²) in [5.41, 5.74) is 0. The molecule has 2 heteroatoms. The molecule has 1 amide bonds. The molecular weight excluding hydrogens is 174 g/mol. The third-order valence-electron chi connectivity index (χ3n) is 5.48. The van der Waals surface area contributed by atoms with Crippen molar-refractivity contribution in [1.29, 1.82) is 0 Å². The number of fused-ring (bicyclic) bond motifs is 6. The Labute approximate surface area is 84.4 Å². The van der Waals surface area contributed by atoms with E-state index in [9.17, 15) is 4.79 Å². The van der Waals surface area contributed by atoms with E-state index in [1.165, 1.54) is 32.1 Å². The minimum atomic E-state index is 0.344. The number of carbonyl (C=O) groups excluding carboxylic acids is 1. The van der Waals surface area contributed by atoms with Crippen LogP contribution in [0.15, 0.2) is 0 Å². The van der Waals surface area contributed by atoms with E-state index < -0.39 is 0 Å². The highest BCUT2D eigenvalue weighted by molar-refractivity contribution is 5.86. The van der Waals surface area contributed by atoms with Crippen LogP contribution in [0.3, 0.4) is 0 Å². The first-order valence-corrected chi connectivity index (χ1v) is 6.13. The smallest absolute Gasteiger partial charge is 0.225 e. The van der Waals surface area contributed by atoms with Gasteiger partial charge in [-0.25, -0.2) is 0 Å². The largest absolute Gasteiger partial charge is 0.352 e. The predicted octanol–water partition coefficient (Wildman–Crippen LogP) is 1.56. The molecule has 3 aliphatic carbocycles. The summed E-state index contributed by atoms with van der Waals surface area (Å²) in [5, 5.41) is 3.08. The Morgan fingerprint density at radius 2 is 1.71 bits per heavy atom. The number of rotatable bonds is 0. The van der Waals surface area contributed by atoms with E-state index in [0.717, 1.165) is 23.7 Å². The molecule has 2 nitrogen and oxygen atoms in total. The van der Waals surface area contributed by atoms with Gasteiger partial charge < -0.3 is 5.32 Å². The van der Waals surface area contributed by atoms with Crippen molar-refractivity contribution in [3.63, 3.8) is 0 Å². The molecule has 2 bridgehead atoms. The molecule has 0 spiro atoms. The average Bonchev–Trinajstić information content (AvgIpc) is 2.75. The molecule has 0 radical (unpaired) electrons. The molecule has 0 aromatic rings. The van der Waals surface area contributed by atoms with Crippen molar-refractivity contribution >= 4 is 5.91 Å². The van der Waals surface area contributed by atoms with Crippen LogP contribution in [0.5, 0.6) is 0 Å². The normalized spacial score (nSPS) is 58.7. The van der Waals surface area contributed by atoms with Crippen molar-refractivity contribution in [2.24, 2.45) is 29.6 Å². The Kier molecular flexibility index (Phi) is 1.29. The number of β-lactam (4-membered cyclic amide) rings is 1. The second-order valence-corrected chi connectivity index (χ2v) is 5.85. The Balaban J connectivity index is 1.62. The van der Waals surface area contributed by atoms with Crippen LogP contribution in [-0.4, -0.2) is 11.9 Å². The van der Waals surface area contributed by atoms with E-state index in [0.29, 0.717) is 17.9 Å². The van der Waals surface area contributed by atoms with Crippen LogP contribution in [0.1, 0.15) is 32.1 Å². The maximum atomic E-state index is 11.3. The third kappa shape index (κ3) is 0.768. The minimum Gasteiger partial charge on any atom is -0.352 e. The van der Waals surface area contributed by atoms with Crippen molar-refractivity contribution in [3.05, 3.63) is 0 Å². The van der Waals surface area contributed by atoms with Crippen LogP contribution in [-0.2, 0) is 4.79 Å². The minimum absolute atomic E-state index is 0.344. The molecular formula is C12H17NO. The highest BCUT2D eigenvalue weighted by Crippen LogP contribution is 2.59. The molecule has 4 fully saturated rings. The Morgan fingerprint density at radius 3 is 2.43 bits per heavy atom. The summed E-state index contributed by atoms with van der Waals surface area (Å²) < 4.78 is 0. The predicted molar refractivity (Wildman–Crippen MR) is 52.5 cm³/mol. The maximum absolute atomic E-state index is 11.3. The Morgan fingerprint density at radius 1 is 1.00 bits per heavy atom. The molecule has 4 aliphatic rings. The second kappa shape index (κ2) is 2.34. The summed E-state index contributed by atoms with van der Waals surface area (Å²) in [6.45, 7) is 0. The fourth-order valence-corrected chi connectivity index (χ4v) is 4.82. The van der Waals surface area contributed by atoms with Crippen molar-refractivity contribution < 1.29 is 4.79 Å². The molecule has 1 saturated heterocycles. The quantitative estimate of drug-likeness (QED) is 0.578. The van der Waals surface area contributed by atoms with E-state index >= 15 is 0 Å². The molecule has 0 aromatic heterocycles. The van der Waals surface area contributed by atoms with Gasteiger partial charge in [0.05, 0.1) is 5.92 Å². The average molecular weight is 191 g/mol. The summed E-state index contributed by atoms with van der Waals surface area (Å²) in [6, 6.07) is 0.572. The molecule has 0 aromatic carbocycles. The zero-order valence-electron chi connectivity index (χ0n) is 8.41. The van der Waals surface area contributed by atoms with Crippen molar-refractivity contribution in [1.82, 2.24) is 5.32 Å². The summed E-state index contributed by atoms with van der Waals surface area (Å²) in [5.74, 6) is 4.70. The first-order chi connectivity index (χ1) is 6.83. The molecule has 6 unspecified atom stereocenters. The van der Waals surface area contributed by atoms with Gasteiger partial charge in [0, 0.05) is 6.04 Å². The van der Waals surface area contributed by atoms with Gasteiger partial charge in [-0.05, 0) is 55.8 Å². The lowest BCUT2D eigenvalue weighted by molar-refractivity contribution is -0.140. The standard InChI is InChI=1S/C12H17NO/c14-12-10-4-8-6-1-2-7(3-6)9(8)5-11(10)13-12/h6-11H,1-5H2,(H,13,14). The van der Waals surface area contributed by atoms with Crippen molar-refractivity contribution in [3.8, 4) is 0 Å². The highest BCUT2D eigenvalue weighted by Gasteiger charge is 2.56. The highest BCUT2D eigenvalue weighted by atomic mass is 16.2.